The zero-order chi connectivity index (χ0) is 15.8. The van der Waals surface area contributed by atoms with Crippen LogP contribution in [0, 0.1) is 0 Å². The van der Waals surface area contributed by atoms with Crippen LogP contribution in [0.1, 0.15) is 31.7 Å². The zero-order valence-electron chi connectivity index (χ0n) is 11.6. The van der Waals surface area contributed by atoms with Gasteiger partial charge in [-0.15, -0.1) is 0 Å². The van der Waals surface area contributed by atoms with Crippen molar-refractivity contribution in [1.82, 2.24) is 5.32 Å². The maximum Gasteiger partial charge on any atom is 0.326 e. The van der Waals surface area contributed by atoms with Gasteiger partial charge in [0.15, 0.2) is 0 Å². The summed E-state index contributed by atoms with van der Waals surface area (Å²) in [5, 5.41) is 12.3. The van der Waals surface area contributed by atoms with Crippen LogP contribution in [-0.4, -0.2) is 23.0 Å². The third kappa shape index (κ3) is 6.19. The normalized spacial score (nSPS) is 12.3. The fraction of sp³-hybridized carbons (Fsp3) is 0.333. The molecule has 0 saturated heterocycles. The van der Waals surface area contributed by atoms with Crippen LogP contribution in [-0.2, 0) is 9.59 Å². The number of hydrogen-bond donors (Lipinski definition) is 2. The smallest absolute Gasteiger partial charge is 0.326 e. The molecule has 0 radical (unpaired) electrons. The predicted molar refractivity (Wildman–Crippen MR) is 84.6 cm³/mol. The number of carbonyl (C=O) groups excluding carboxylic acids is 1. The van der Waals surface area contributed by atoms with Gasteiger partial charge in [0.05, 0.1) is 10.0 Å². The van der Waals surface area contributed by atoms with E-state index in [0.717, 1.165) is 12.8 Å². The zero-order valence-corrected chi connectivity index (χ0v) is 13.1. The molecule has 1 atom stereocenters. The number of rotatable bonds is 7. The number of aliphatic carboxylic acids is 1. The Kier molecular flexibility index (Phi) is 7.26. The molecule has 0 aromatic heterocycles. The number of carboxylic acid groups (broad SMARTS) is 1. The third-order valence-electron chi connectivity index (χ3n) is 2.83. The Morgan fingerprint density at radius 1 is 1.33 bits per heavy atom. The molecular weight excluding hydrogens is 313 g/mol. The minimum atomic E-state index is -1.03. The first kappa shape index (κ1) is 17.5. The van der Waals surface area contributed by atoms with Crippen molar-refractivity contribution in [3.8, 4) is 0 Å². The SMILES string of the molecule is CCCCC(NC(=O)/C=C/c1ccc(Cl)c(Cl)c1)C(=O)O. The van der Waals surface area contributed by atoms with Gasteiger partial charge in [-0.25, -0.2) is 4.79 Å². The summed E-state index contributed by atoms with van der Waals surface area (Å²) in [5.41, 5.74) is 0.708. The van der Waals surface area contributed by atoms with Crippen molar-refractivity contribution in [2.24, 2.45) is 0 Å². The second-order valence-electron chi connectivity index (χ2n) is 4.55. The molecule has 1 aromatic carbocycles. The first-order valence-electron chi connectivity index (χ1n) is 6.60. The number of carbonyl (C=O) groups is 2. The molecule has 0 bridgehead atoms. The van der Waals surface area contributed by atoms with Crippen LogP contribution in [0.4, 0.5) is 0 Å². The average molecular weight is 330 g/mol. The van der Waals surface area contributed by atoms with Crippen molar-refractivity contribution in [2.75, 3.05) is 0 Å². The van der Waals surface area contributed by atoms with E-state index >= 15 is 0 Å². The van der Waals surface area contributed by atoms with Crippen molar-refractivity contribution in [3.63, 3.8) is 0 Å². The number of nitrogens with one attached hydrogen (secondary N) is 1. The molecule has 1 rings (SSSR count). The van der Waals surface area contributed by atoms with Crippen molar-refractivity contribution in [2.45, 2.75) is 32.2 Å². The molecule has 2 N–H and O–H groups in total. The van der Waals surface area contributed by atoms with Crippen LogP contribution in [0.5, 0.6) is 0 Å². The molecule has 114 valence electrons. The molecule has 0 aliphatic carbocycles. The van der Waals surface area contributed by atoms with Crippen LogP contribution in [0.15, 0.2) is 24.3 Å². The summed E-state index contributed by atoms with van der Waals surface area (Å²) in [7, 11) is 0. The van der Waals surface area contributed by atoms with E-state index < -0.39 is 17.9 Å². The quantitative estimate of drug-likeness (QED) is 0.748. The highest BCUT2D eigenvalue weighted by atomic mass is 35.5. The summed E-state index contributed by atoms with van der Waals surface area (Å²) in [6.07, 6.45) is 4.86. The van der Waals surface area contributed by atoms with Crippen molar-refractivity contribution in [3.05, 3.63) is 39.9 Å². The molecule has 1 unspecified atom stereocenters. The van der Waals surface area contributed by atoms with Gasteiger partial charge < -0.3 is 10.4 Å². The number of benzene rings is 1. The molecule has 0 saturated carbocycles. The lowest BCUT2D eigenvalue weighted by Crippen LogP contribution is -2.39. The molecule has 21 heavy (non-hydrogen) atoms. The van der Waals surface area contributed by atoms with Gasteiger partial charge in [-0.2, -0.15) is 0 Å². The molecule has 0 aliphatic heterocycles. The number of amides is 1. The Balaban J connectivity index is 2.64. The molecule has 6 heteroatoms. The highest BCUT2D eigenvalue weighted by molar-refractivity contribution is 6.42. The van der Waals surface area contributed by atoms with E-state index in [2.05, 4.69) is 5.32 Å². The van der Waals surface area contributed by atoms with Crippen LogP contribution < -0.4 is 5.32 Å². The van der Waals surface area contributed by atoms with Crippen molar-refractivity contribution >= 4 is 41.2 Å². The van der Waals surface area contributed by atoms with Gasteiger partial charge in [0.25, 0.3) is 0 Å². The van der Waals surface area contributed by atoms with Gasteiger partial charge in [0, 0.05) is 6.08 Å². The van der Waals surface area contributed by atoms with Crippen LogP contribution in [0.3, 0.4) is 0 Å². The highest BCUT2D eigenvalue weighted by Crippen LogP contribution is 2.23. The summed E-state index contributed by atoms with van der Waals surface area (Å²) in [6, 6.07) is 4.10. The number of unbranched alkanes of at least 4 members (excludes halogenated alkanes) is 1. The van der Waals surface area contributed by atoms with Gasteiger partial charge in [-0.05, 0) is 30.2 Å². The second kappa shape index (κ2) is 8.70. The minimum Gasteiger partial charge on any atom is -0.480 e. The second-order valence-corrected chi connectivity index (χ2v) is 5.36. The van der Waals surface area contributed by atoms with E-state index in [4.69, 9.17) is 28.3 Å². The fourth-order valence-corrected chi connectivity index (χ4v) is 1.98. The Morgan fingerprint density at radius 2 is 2.05 bits per heavy atom. The third-order valence-corrected chi connectivity index (χ3v) is 3.57. The van der Waals surface area contributed by atoms with Gasteiger partial charge in [0.1, 0.15) is 6.04 Å². The number of halogens is 2. The highest BCUT2D eigenvalue weighted by Gasteiger charge is 2.17. The van der Waals surface area contributed by atoms with Crippen molar-refractivity contribution < 1.29 is 14.7 Å². The van der Waals surface area contributed by atoms with E-state index in [-0.39, 0.29) is 0 Å². The van der Waals surface area contributed by atoms with Gasteiger partial charge in [0.2, 0.25) is 5.91 Å². The summed E-state index contributed by atoms with van der Waals surface area (Å²) >= 11 is 11.7. The summed E-state index contributed by atoms with van der Waals surface area (Å²) in [6.45, 7) is 1.96. The lowest BCUT2D eigenvalue weighted by molar-refractivity contribution is -0.141. The molecule has 0 spiro atoms. The summed E-state index contributed by atoms with van der Waals surface area (Å²) < 4.78 is 0. The van der Waals surface area contributed by atoms with E-state index in [1.54, 1.807) is 24.3 Å². The lowest BCUT2D eigenvalue weighted by atomic mass is 10.1. The first-order valence-corrected chi connectivity index (χ1v) is 7.36. The maximum absolute atomic E-state index is 11.7. The lowest BCUT2D eigenvalue weighted by Gasteiger charge is -2.12. The number of hydrogen-bond acceptors (Lipinski definition) is 2. The van der Waals surface area contributed by atoms with E-state index in [1.165, 1.54) is 6.08 Å². The van der Waals surface area contributed by atoms with Gasteiger partial charge in [-0.3, -0.25) is 4.79 Å². The Labute approximate surface area is 133 Å². The van der Waals surface area contributed by atoms with E-state index in [9.17, 15) is 9.59 Å². The average Bonchev–Trinajstić information content (AvgIpc) is 2.44. The molecular formula is C15H17Cl2NO3. The molecule has 4 nitrogen and oxygen atoms in total. The molecule has 1 aromatic rings. The summed E-state index contributed by atoms with van der Waals surface area (Å²) in [5.74, 6) is -1.48. The molecule has 0 aliphatic rings. The maximum atomic E-state index is 11.7. The fourth-order valence-electron chi connectivity index (χ4n) is 1.67. The largest absolute Gasteiger partial charge is 0.480 e. The topological polar surface area (TPSA) is 66.4 Å². The van der Waals surface area contributed by atoms with Gasteiger partial charge in [-0.1, -0.05) is 49.0 Å². The predicted octanol–water partition coefficient (Wildman–Crippen LogP) is 3.77. The molecule has 1 amide bonds. The Morgan fingerprint density at radius 3 is 2.62 bits per heavy atom. The standard InChI is InChI=1S/C15H17Cl2NO3/c1-2-3-4-13(15(20)21)18-14(19)8-6-10-5-7-11(16)12(17)9-10/h5-9,13H,2-4H2,1H3,(H,18,19)(H,20,21)/b8-6+. The van der Waals surface area contributed by atoms with E-state index in [0.29, 0.717) is 22.0 Å². The van der Waals surface area contributed by atoms with Crippen molar-refractivity contribution in [1.29, 1.82) is 0 Å². The minimum absolute atomic E-state index is 0.394. The monoisotopic (exact) mass is 329 g/mol. The molecule has 0 heterocycles. The summed E-state index contributed by atoms with van der Waals surface area (Å²) in [4.78, 5) is 22.8. The molecule has 0 fully saturated rings. The van der Waals surface area contributed by atoms with Gasteiger partial charge >= 0.3 is 5.97 Å². The number of carboxylic acids is 1. The van der Waals surface area contributed by atoms with Crippen LogP contribution in [0.25, 0.3) is 6.08 Å². The first-order chi connectivity index (χ1) is 9.93. The van der Waals surface area contributed by atoms with E-state index in [1.807, 2.05) is 6.92 Å². The Hall–Kier alpha value is -1.52. The van der Waals surface area contributed by atoms with Crippen LogP contribution in [0.2, 0.25) is 10.0 Å². The van der Waals surface area contributed by atoms with Crippen LogP contribution >= 0.6 is 23.2 Å². The Bertz CT molecular complexity index is 544.